The van der Waals surface area contributed by atoms with Gasteiger partial charge < -0.3 is 39.4 Å². The van der Waals surface area contributed by atoms with Gasteiger partial charge in [0.15, 0.2) is 11.3 Å². The normalized spacial score (nSPS) is 24.1. The first-order chi connectivity index (χ1) is 14.4. The van der Waals surface area contributed by atoms with Crippen LogP contribution >= 0.6 is 0 Å². The summed E-state index contributed by atoms with van der Waals surface area (Å²) in [4.78, 5) is 13.0. The number of rotatable bonds is 4. The molecular formula is C21H20O9. The lowest BCUT2D eigenvalue weighted by atomic mass is 10.0. The highest BCUT2D eigenvalue weighted by atomic mass is 16.7. The van der Waals surface area contributed by atoms with Crippen molar-refractivity contribution in [3.05, 3.63) is 52.9 Å². The van der Waals surface area contributed by atoms with Crippen molar-refractivity contribution in [3.8, 4) is 28.4 Å². The second-order valence-electron chi connectivity index (χ2n) is 7.03. The molecule has 1 unspecified atom stereocenters. The Hall–Kier alpha value is -3.11. The van der Waals surface area contributed by atoms with Crippen molar-refractivity contribution in [3.63, 3.8) is 0 Å². The molecule has 9 nitrogen and oxygen atoms in total. The van der Waals surface area contributed by atoms with Crippen LogP contribution < -0.4 is 10.2 Å². The summed E-state index contributed by atoms with van der Waals surface area (Å²) in [6, 6.07) is 8.65. The highest BCUT2D eigenvalue weighted by Crippen LogP contribution is 2.37. The van der Waals surface area contributed by atoms with Crippen molar-refractivity contribution in [2.24, 2.45) is 0 Å². The Bertz CT molecular complexity index is 1110. The summed E-state index contributed by atoms with van der Waals surface area (Å²) < 4.78 is 16.6. The first-order valence-corrected chi connectivity index (χ1v) is 9.25. The summed E-state index contributed by atoms with van der Waals surface area (Å²) in [6.45, 7) is -0.486. The third kappa shape index (κ3) is 3.59. The Morgan fingerprint density at radius 2 is 1.77 bits per heavy atom. The Balaban J connectivity index is 1.74. The molecule has 9 heteroatoms. The lowest BCUT2D eigenvalue weighted by Crippen LogP contribution is -2.51. The van der Waals surface area contributed by atoms with E-state index in [9.17, 15) is 30.3 Å². The predicted molar refractivity (Wildman–Crippen MR) is 104 cm³/mol. The van der Waals surface area contributed by atoms with E-state index >= 15 is 0 Å². The number of aliphatic hydroxyl groups excluding tert-OH is 3. The van der Waals surface area contributed by atoms with Crippen LogP contribution in [0.4, 0.5) is 0 Å². The van der Waals surface area contributed by atoms with Gasteiger partial charge in [0.2, 0.25) is 17.5 Å². The van der Waals surface area contributed by atoms with Crippen LogP contribution in [0.15, 0.2) is 51.9 Å². The summed E-state index contributed by atoms with van der Waals surface area (Å²) in [5.74, 6) is -0.494. The molecule has 0 spiro atoms. The Labute approximate surface area is 170 Å². The molecule has 0 radical (unpaired) electrons. The highest BCUT2D eigenvalue weighted by molar-refractivity contribution is 5.88. The molecule has 1 aliphatic rings. The van der Waals surface area contributed by atoms with Gasteiger partial charge in [-0.3, -0.25) is 4.79 Å². The first-order valence-electron chi connectivity index (χ1n) is 9.25. The maximum absolute atomic E-state index is 13.0. The molecule has 0 saturated carbocycles. The standard InChI is InChI=1S/C21H20O9/c22-8-17-15(25)7-16(26)21(29-17)30-20-14(24)6-5-12-18(27)13(9-28-19(12)20)10-1-3-11(23)4-2-10/h1-6,9,15-17,21-26H,7-8H2/t15-,16+,17+,21?/m0/s1. The largest absolute Gasteiger partial charge is 0.508 e. The zero-order valence-corrected chi connectivity index (χ0v) is 15.6. The number of ether oxygens (including phenoxy) is 2. The van der Waals surface area contributed by atoms with E-state index in [4.69, 9.17) is 13.9 Å². The van der Waals surface area contributed by atoms with Crippen molar-refractivity contribution in [1.29, 1.82) is 0 Å². The van der Waals surface area contributed by atoms with Gasteiger partial charge in [0.1, 0.15) is 24.2 Å². The molecule has 0 amide bonds. The second-order valence-corrected chi connectivity index (χ2v) is 7.03. The maximum atomic E-state index is 13.0. The number of aromatic hydroxyl groups is 2. The highest BCUT2D eigenvalue weighted by Gasteiger charge is 2.38. The number of hydrogen-bond donors (Lipinski definition) is 5. The van der Waals surface area contributed by atoms with Gasteiger partial charge in [-0.15, -0.1) is 0 Å². The lowest BCUT2D eigenvalue weighted by molar-refractivity contribution is -0.240. The Morgan fingerprint density at radius 1 is 1.03 bits per heavy atom. The number of fused-ring (bicyclic) bond motifs is 1. The van der Waals surface area contributed by atoms with Gasteiger partial charge in [0.25, 0.3) is 0 Å². The molecule has 1 aromatic heterocycles. The van der Waals surface area contributed by atoms with Crippen LogP contribution in [-0.4, -0.2) is 56.7 Å². The van der Waals surface area contributed by atoms with Crippen molar-refractivity contribution in [2.75, 3.05) is 6.61 Å². The molecule has 158 valence electrons. The number of benzene rings is 2. The summed E-state index contributed by atoms with van der Waals surface area (Å²) >= 11 is 0. The predicted octanol–water partition coefficient (Wildman–Crippen LogP) is 1.08. The fraction of sp³-hybridized carbons (Fsp3) is 0.286. The molecule has 5 N–H and O–H groups in total. The van der Waals surface area contributed by atoms with E-state index in [1.165, 1.54) is 30.5 Å². The van der Waals surface area contributed by atoms with Crippen molar-refractivity contribution in [1.82, 2.24) is 0 Å². The van der Waals surface area contributed by atoms with Crippen LogP contribution in [0.1, 0.15) is 6.42 Å². The molecule has 0 aliphatic carbocycles. The van der Waals surface area contributed by atoms with Crippen molar-refractivity contribution < 1.29 is 39.4 Å². The SMILES string of the molecule is O=c1c(-c2ccc(O)cc2)coc2c(OC3O[C@H](CO)[C@@H](O)C[C@H]3O)c(O)ccc12. The summed E-state index contributed by atoms with van der Waals surface area (Å²) in [7, 11) is 0. The Kier molecular flexibility index (Phi) is 5.35. The number of hydrogen-bond acceptors (Lipinski definition) is 9. The van der Waals surface area contributed by atoms with Gasteiger partial charge in [0, 0.05) is 6.42 Å². The molecule has 1 saturated heterocycles. The molecule has 1 aliphatic heterocycles. The van der Waals surface area contributed by atoms with E-state index in [0.29, 0.717) is 5.56 Å². The van der Waals surface area contributed by atoms with Crippen LogP contribution in [0.25, 0.3) is 22.1 Å². The van der Waals surface area contributed by atoms with Crippen LogP contribution in [0.2, 0.25) is 0 Å². The smallest absolute Gasteiger partial charge is 0.227 e. The fourth-order valence-corrected chi connectivity index (χ4v) is 3.37. The van der Waals surface area contributed by atoms with Gasteiger partial charge in [-0.2, -0.15) is 0 Å². The Morgan fingerprint density at radius 3 is 2.47 bits per heavy atom. The molecular weight excluding hydrogens is 396 g/mol. The van der Waals surface area contributed by atoms with Crippen molar-refractivity contribution in [2.45, 2.75) is 31.0 Å². The van der Waals surface area contributed by atoms with Gasteiger partial charge in [-0.1, -0.05) is 12.1 Å². The minimum atomic E-state index is -1.30. The van der Waals surface area contributed by atoms with Gasteiger partial charge in [0.05, 0.1) is 23.7 Å². The zero-order valence-electron chi connectivity index (χ0n) is 15.6. The maximum Gasteiger partial charge on any atom is 0.227 e. The molecule has 0 bridgehead atoms. The third-order valence-electron chi connectivity index (χ3n) is 5.00. The van der Waals surface area contributed by atoms with Gasteiger partial charge >= 0.3 is 0 Å². The van der Waals surface area contributed by atoms with E-state index in [-0.39, 0.29) is 45.6 Å². The van der Waals surface area contributed by atoms with E-state index in [2.05, 4.69) is 0 Å². The number of phenols is 2. The number of phenolic OH excluding ortho intramolecular Hbond substituents is 2. The average Bonchev–Trinajstić information content (AvgIpc) is 2.73. The van der Waals surface area contributed by atoms with Gasteiger partial charge in [-0.25, -0.2) is 0 Å². The summed E-state index contributed by atoms with van der Waals surface area (Å²) in [5, 5.41) is 49.1. The first kappa shape index (κ1) is 20.2. The van der Waals surface area contributed by atoms with Crippen LogP contribution in [0, 0.1) is 0 Å². The van der Waals surface area contributed by atoms with E-state index in [1.807, 2.05) is 0 Å². The fourth-order valence-electron chi connectivity index (χ4n) is 3.37. The van der Waals surface area contributed by atoms with Gasteiger partial charge in [-0.05, 0) is 29.8 Å². The molecule has 3 aromatic rings. The van der Waals surface area contributed by atoms with E-state index < -0.39 is 31.2 Å². The monoisotopic (exact) mass is 416 g/mol. The average molecular weight is 416 g/mol. The van der Waals surface area contributed by atoms with Crippen molar-refractivity contribution >= 4 is 11.0 Å². The molecule has 2 aromatic carbocycles. The zero-order chi connectivity index (χ0) is 21.4. The quantitative estimate of drug-likeness (QED) is 0.421. The second kappa shape index (κ2) is 7.96. The molecule has 4 atom stereocenters. The molecule has 2 heterocycles. The third-order valence-corrected chi connectivity index (χ3v) is 5.00. The summed E-state index contributed by atoms with van der Waals surface area (Å²) in [5.41, 5.74) is 0.340. The lowest BCUT2D eigenvalue weighted by Gasteiger charge is -2.36. The van der Waals surface area contributed by atoms with Crippen LogP contribution in [0.3, 0.4) is 0 Å². The summed E-state index contributed by atoms with van der Waals surface area (Å²) in [6.07, 6.45) is -3.47. The van der Waals surface area contributed by atoms with Crippen LogP contribution in [0.5, 0.6) is 17.2 Å². The minimum absolute atomic E-state index is 0.0509. The van der Waals surface area contributed by atoms with E-state index in [0.717, 1.165) is 0 Å². The van der Waals surface area contributed by atoms with Crippen LogP contribution in [-0.2, 0) is 4.74 Å². The van der Waals surface area contributed by atoms with E-state index in [1.54, 1.807) is 12.1 Å². The topological polar surface area (TPSA) is 150 Å². The molecule has 30 heavy (non-hydrogen) atoms. The molecule has 1 fully saturated rings. The molecule has 4 rings (SSSR count). The number of aliphatic hydroxyl groups is 3. The minimum Gasteiger partial charge on any atom is -0.508 e.